The molecule has 0 aliphatic carbocycles. The maximum absolute atomic E-state index is 12.0. The predicted octanol–water partition coefficient (Wildman–Crippen LogP) is 2.37. The summed E-state index contributed by atoms with van der Waals surface area (Å²) in [5.41, 5.74) is 0.250. The van der Waals surface area contributed by atoms with Crippen molar-refractivity contribution in [2.24, 2.45) is 5.41 Å². The predicted molar refractivity (Wildman–Crippen MR) is 67.1 cm³/mol. The zero-order valence-corrected chi connectivity index (χ0v) is 11.2. The van der Waals surface area contributed by atoms with Crippen LogP contribution in [-0.4, -0.2) is 30.6 Å². The van der Waals surface area contributed by atoms with E-state index in [0.717, 1.165) is 32.2 Å². The molecule has 0 aromatic rings. The topological polar surface area (TPSA) is 32.3 Å². The molecule has 0 aromatic heterocycles. The molecule has 16 heavy (non-hydrogen) atoms. The molecule has 3 nitrogen and oxygen atoms in total. The van der Waals surface area contributed by atoms with Gasteiger partial charge in [0.25, 0.3) is 0 Å². The number of rotatable bonds is 3. The minimum atomic E-state index is 0.200. The average Bonchev–Trinajstić information content (AvgIpc) is 2.38. The molecule has 1 fully saturated rings. The van der Waals surface area contributed by atoms with Gasteiger partial charge in [0.2, 0.25) is 5.91 Å². The van der Waals surface area contributed by atoms with Crippen LogP contribution < -0.4 is 5.32 Å². The highest BCUT2D eigenvalue weighted by atomic mass is 16.2. The molecule has 1 unspecified atom stereocenters. The van der Waals surface area contributed by atoms with E-state index in [2.05, 4.69) is 26.1 Å². The fourth-order valence-electron chi connectivity index (χ4n) is 2.28. The van der Waals surface area contributed by atoms with Gasteiger partial charge in [0.15, 0.2) is 0 Å². The van der Waals surface area contributed by atoms with Crippen molar-refractivity contribution in [3.8, 4) is 0 Å². The lowest BCUT2D eigenvalue weighted by Crippen LogP contribution is -2.49. The van der Waals surface area contributed by atoms with E-state index in [0.29, 0.717) is 5.91 Å². The Morgan fingerprint density at radius 1 is 1.31 bits per heavy atom. The summed E-state index contributed by atoms with van der Waals surface area (Å²) >= 11 is 0. The number of nitrogens with zero attached hydrogens (tertiary/aromatic N) is 1. The highest BCUT2D eigenvalue weighted by Gasteiger charge is 2.27. The van der Waals surface area contributed by atoms with Crippen LogP contribution in [0.15, 0.2) is 0 Å². The molecule has 1 aliphatic heterocycles. The van der Waals surface area contributed by atoms with Crippen LogP contribution in [0.4, 0.5) is 0 Å². The van der Waals surface area contributed by atoms with E-state index in [1.165, 1.54) is 6.42 Å². The first-order chi connectivity index (χ1) is 7.44. The number of carbonyl (C=O) groups is 1. The van der Waals surface area contributed by atoms with Gasteiger partial charge in [-0.2, -0.15) is 0 Å². The van der Waals surface area contributed by atoms with Crippen molar-refractivity contribution in [1.82, 2.24) is 10.2 Å². The molecule has 1 amide bonds. The molecular formula is C13H26N2O. The van der Waals surface area contributed by atoms with Crippen molar-refractivity contribution in [1.29, 1.82) is 0 Å². The van der Waals surface area contributed by atoms with Crippen LogP contribution in [-0.2, 0) is 4.79 Å². The van der Waals surface area contributed by atoms with Gasteiger partial charge in [-0.25, -0.2) is 0 Å². The Hall–Kier alpha value is -0.570. The molecular weight excluding hydrogens is 200 g/mol. The number of carbonyl (C=O) groups excluding carboxylic acids is 1. The minimum absolute atomic E-state index is 0.200. The van der Waals surface area contributed by atoms with Gasteiger partial charge in [0.05, 0.1) is 6.17 Å². The minimum Gasteiger partial charge on any atom is -0.327 e. The fourth-order valence-corrected chi connectivity index (χ4v) is 2.28. The zero-order chi connectivity index (χ0) is 12.2. The van der Waals surface area contributed by atoms with E-state index >= 15 is 0 Å². The molecule has 1 saturated heterocycles. The third-order valence-electron chi connectivity index (χ3n) is 3.13. The van der Waals surface area contributed by atoms with E-state index in [-0.39, 0.29) is 11.6 Å². The van der Waals surface area contributed by atoms with Crippen LogP contribution in [0.1, 0.15) is 52.9 Å². The molecule has 1 N–H and O–H groups in total. The second-order valence-electron chi connectivity index (χ2n) is 5.97. The quantitative estimate of drug-likeness (QED) is 0.801. The lowest BCUT2D eigenvalue weighted by Gasteiger charge is -2.35. The molecule has 0 radical (unpaired) electrons. The van der Waals surface area contributed by atoms with Crippen LogP contribution in [0.5, 0.6) is 0 Å². The number of amides is 1. The Labute approximate surface area is 99.6 Å². The number of likely N-dealkylation sites (tertiary alicyclic amines) is 1. The van der Waals surface area contributed by atoms with Crippen molar-refractivity contribution >= 4 is 5.91 Å². The Morgan fingerprint density at radius 3 is 2.56 bits per heavy atom. The SMILES string of the molecule is CNC(CC(C)(C)C)N1CCCCCC1=O. The summed E-state index contributed by atoms with van der Waals surface area (Å²) in [6, 6.07) is 0. The van der Waals surface area contributed by atoms with Gasteiger partial charge in [-0.15, -0.1) is 0 Å². The van der Waals surface area contributed by atoms with Crippen molar-refractivity contribution in [2.75, 3.05) is 13.6 Å². The molecule has 0 spiro atoms. The normalized spacial score (nSPS) is 20.8. The molecule has 0 bridgehead atoms. The van der Waals surface area contributed by atoms with Gasteiger partial charge in [-0.1, -0.05) is 27.2 Å². The van der Waals surface area contributed by atoms with Crippen LogP contribution in [0.2, 0.25) is 0 Å². The monoisotopic (exact) mass is 226 g/mol. The summed E-state index contributed by atoms with van der Waals surface area (Å²) in [5.74, 6) is 0.320. The van der Waals surface area contributed by atoms with Crippen LogP contribution >= 0.6 is 0 Å². The largest absolute Gasteiger partial charge is 0.327 e. The summed E-state index contributed by atoms with van der Waals surface area (Å²) in [4.78, 5) is 14.0. The summed E-state index contributed by atoms with van der Waals surface area (Å²) in [5, 5.41) is 3.29. The maximum atomic E-state index is 12.0. The molecule has 1 aliphatic rings. The molecule has 0 aromatic carbocycles. The first-order valence-corrected chi connectivity index (χ1v) is 6.41. The average molecular weight is 226 g/mol. The smallest absolute Gasteiger partial charge is 0.223 e. The molecule has 1 atom stereocenters. The van der Waals surface area contributed by atoms with Gasteiger partial charge in [-0.05, 0) is 31.7 Å². The highest BCUT2D eigenvalue weighted by molar-refractivity contribution is 5.76. The number of nitrogens with one attached hydrogen (secondary N) is 1. The third-order valence-corrected chi connectivity index (χ3v) is 3.13. The Bertz CT molecular complexity index is 233. The Morgan fingerprint density at radius 2 is 2.00 bits per heavy atom. The van der Waals surface area contributed by atoms with E-state index in [1.54, 1.807) is 0 Å². The highest BCUT2D eigenvalue weighted by Crippen LogP contribution is 2.24. The van der Waals surface area contributed by atoms with E-state index in [1.807, 2.05) is 11.9 Å². The summed E-state index contributed by atoms with van der Waals surface area (Å²) < 4.78 is 0. The Balaban J connectivity index is 2.65. The van der Waals surface area contributed by atoms with Crippen molar-refractivity contribution in [2.45, 2.75) is 59.0 Å². The van der Waals surface area contributed by atoms with Crippen molar-refractivity contribution < 1.29 is 4.79 Å². The first-order valence-electron chi connectivity index (χ1n) is 6.41. The molecule has 1 heterocycles. The van der Waals surface area contributed by atoms with E-state index < -0.39 is 0 Å². The van der Waals surface area contributed by atoms with Gasteiger partial charge in [0.1, 0.15) is 0 Å². The van der Waals surface area contributed by atoms with Gasteiger partial charge in [0, 0.05) is 13.0 Å². The molecule has 0 saturated carbocycles. The van der Waals surface area contributed by atoms with Crippen molar-refractivity contribution in [3.05, 3.63) is 0 Å². The van der Waals surface area contributed by atoms with Crippen LogP contribution in [0.25, 0.3) is 0 Å². The lowest BCUT2D eigenvalue weighted by atomic mass is 9.90. The van der Waals surface area contributed by atoms with E-state index in [4.69, 9.17) is 0 Å². The third kappa shape index (κ3) is 4.12. The summed E-state index contributed by atoms with van der Waals surface area (Å²) in [6.07, 6.45) is 5.33. The second kappa shape index (κ2) is 5.67. The van der Waals surface area contributed by atoms with Gasteiger partial charge in [-0.3, -0.25) is 4.79 Å². The maximum Gasteiger partial charge on any atom is 0.223 e. The zero-order valence-electron chi connectivity index (χ0n) is 11.2. The van der Waals surface area contributed by atoms with Gasteiger partial charge < -0.3 is 10.2 Å². The molecule has 3 heteroatoms. The second-order valence-corrected chi connectivity index (χ2v) is 5.97. The standard InChI is InChI=1S/C13H26N2O/c1-13(2,3)10-11(14-4)15-9-7-5-6-8-12(15)16/h11,14H,5-10H2,1-4H3. The molecule has 94 valence electrons. The number of hydrogen-bond donors (Lipinski definition) is 1. The first kappa shape index (κ1) is 13.5. The van der Waals surface area contributed by atoms with Crippen molar-refractivity contribution in [3.63, 3.8) is 0 Å². The summed E-state index contributed by atoms with van der Waals surface area (Å²) in [7, 11) is 1.95. The van der Waals surface area contributed by atoms with E-state index in [9.17, 15) is 4.79 Å². The summed E-state index contributed by atoms with van der Waals surface area (Å²) in [6.45, 7) is 7.58. The number of hydrogen-bond acceptors (Lipinski definition) is 2. The van der Waals surface area contributed by atoms with Gasteiger partial charge >= 0.3 is 0 Å². The fraction of sp³-hybridized carbons (Fsp3) is 0.923. The Kier molecular flexibility index (Phi) is 4.78. The lowest BCUT2D eigenvalue weighted by molar-refractivity contribution is -0.134. The molecule has 1 rings (SSSR count). The van der Waals surface area contributed by atoms with Crippen LogP contribution in [0, 0.1) is 5.41 Å². The van der Waals surface area contributed by atoms with Crippen LogP contribution in [0.3, 0.4) is 0 Å².